The normalized spacial score (nSPS) is 14.6. The van der Waals surface area contributed by atoms with Crippen LogP contribution in [-0.4, -0.2) is 0 Å². The van der Waals surface area contributed by atoms with Gasteiger partial charge in [0.05, 0.1) is 0 Å². The maximum absolute atomic E-state index is 2.08. The van der Waals surface area contributed by atoms with Crippen LogP contribution in [0.2, 0.25) is 0 Å². The van der Waals surface area contributed by atoms with Crippen molar-refractivity contribution in [2.45, 2.75) is 0 Å². The minimum absolute atomic E-state index is 1.18. The first-order chi connectivity index (χ1) is 6.47. The van der Waals surface area contributed by atoms with E-state index >= 15 is 0 Å². The highest BCUT2D eigenvalue weighted by Gasteiger charge is 1.96. The monoisotopic (exact) mass is 169 g/mol. The fourth-order valence-corrected chi connectivity index (χ4v) is 1.24. The van der Waals surface area contributed by atoms with Crippen molar-refractivity contribution in [2.75, 3.05) is 4.90 Å². The fourth-order valence-electron chi connectivity index (χ4n) is 1.24. The molecule has 2 rings (SSSR count). The van der Waals surface area contributed by atoms with Gasteiger partial charge in [0.1, 0.15) is 0 Å². The Labute approximate surface area is 78.3 Å². The molecule has 1 nitrogen and oxygen atoms in total. The third-order valence-corrected chi connectivity index (χ3v) is 1.88. The van der Waals surface area contributed by atoms with Crippen LogP contribution in [0.3, 0.4) is 0 Å². The molecule has 1 aromatic rings. The molecule has 0 saturated carbocycles. The number of benzene rings is 1. The summed E-state index contributed by atoms with van der Waals surface area (Å²) in [5, 5.41) is 0. The van der Waals surface area contributed by atoms with Crippen molar-refractivity contribution in [1.29, 1.82) is 0 Å². The second kappa shape index (κ2) is 3.76. The van der Waals surface area contributed by atoms with Gasteiger partial charge >= 0.3 is 0 Å². The van der Waals surface area contributed by atoms with Gasteiger partial charge in [-0.15, -0.1) is 0 Å². The molecule has 0 fully saturated rings. The standard InChI is InChI=1S/C12H11N/c1-2-7-11-13(10-6-1)12-8-4-3-5-9-12/h1-11H. The first kappa shape index (κ1) is 7.87. The summed E-state index contributed by atoms with van der Waals surface area (Å²) in [6, 6.07) is 10.3. The number of allylic oxidation sites excluding steroid dienone is 4. The molecular formula is C12H11N. The Morgan fingerprint density at radius 3 is 1.92 bits per heavy atom. The van der Waals surface area contributed by atoms with Gasteiger partial charge < -0.3 is 4.90 Å². The van der Waals surface area contributed by atoms with Gasteiger partial charge in [-0.05, 0) is 24.3 Å². The van der Waals surface area contributed by atoms with E-state index in [9.17, 15) is 0 Å². The molecule has 0 N–H and O–H groups in total. The Balaban J connectivity index is 2.27. The molecule has 0 unspecified atom stereocenters. The van der Waals surface area contributed by atoms with E-state index in [0.29, 0.717) is 0 Å². The predicted octanol–water partition coefficient (Wildman–Crippen LogP) is 3.09. The van der Waals surface area contributed by atoms with E-state index in [0.717, 1.165) is 0 Å². The highest BCUT2D eigenvalue weighted by molar-refractivity contribution is 5.53. The largest absolute Gasteiger partial charge is 0.324 e. The fraction of sp³-hybridized carbons (Fsp3) is 0. The summed E-state index contributed by atoms with van der Waals surface area (Å²) in [7, 11) is 0. The Morgan fingerprint density at radius 2 is 1.31 bits per heavy atom. The van der Waals surface area contributed by atoms with Crippen LogP contribution in [0.5, 0.6) is 0 Å². The lowest BCUT2D eigenvalue weighted by Crippen LogP contribution is -2.05. The summed E-state index contributed by atoms with van der Waals surface area (Å²) >= 11 is 0. The zero-order valence-electron chi connectivity index (χ0n) is 7.30. The Bertz CT molecular complexity index is 331. The number of para-hydroxylation sites is 1. The van der Waals surface area contributed by atoms with Gasteiger partial charge in [-0.3, -0.25) is 0 Å². The number of hydrogen-bond acceptors (Lipinski definition) is 1. The van der Waals surface area contributed by atoms with Crippen molar-refractivity contribution in [1.82, 2.24) is 0 Å². The molecule has 0 aliphatic carbocycles. The van der Waals surface area contributed by atoms with Crippen LogP contribution in [0.25, 0.3) is 0 Å². The average Bonchev–Trinajstić information content (AvgIpc) is 2.47. The quantitative estimate of drug-likeness (QED) is 0.624. The van der Waals surface area contributed by atoms with E-state index in [-0.39, 0.29) is 0 Å². The summed E-state index contributed by atoms with van der Waals surface area (Å²) in [6.45, 7) is 0. The zero-order valence-corrected chi connectivity index (χ0v) is 7.30. The summed E-state index contributed by atoms with van der Waals surface area (Å²) in [6.07, 6.45) is 12.1. The van der Waals surface area contributed by atoms with Crippen molar-refractivity contribution in [2.24, 2.45) is 0 Å². The van der Waals surface area contributed by atoms with Crippen molar-refractivity contribution < 1.29 is 0 Å². The molecule has 0 atom stereocenters. The third kappa shape index (κ3) is 1.88. The maximum Gasteiger partial charge on any atom is 0.0449 e. The first-order valence-electron chi connectivity index (χ1n) is 4.32. The molecule has 1 heterocycles. The van der Waals surface area contributed by atoms with Gasteiger partial charge in [-0.2, -0.15) is 0 Å². The highest BCUT2D eigenvalue weighted by Crippen LogP contribution is 2.14. The molecule has 0 saturated heterocycles. The van der Waals surface area contributed by atoms with Gasteiger partial charge in [0, 0.05) is 18.1 Å². The van der Waals surface area contributed by atoms with Crippen LogP contribution in [0.4, 0.5) is 5.69 Å². The van der Waals surface area contributed by atoms with Crippen molar-refractivity contribution in [3.63, 3.8) is 0 Å². The predicted molar refractivity (Wildman–Crippen MR) is 56.3 cm³/mol. The zero-order chi connectivity index (χ0) is 8.93. The number of hydrogen-bond donors (Lipinski definition) is 0. The molecule has 0 aromatic heterocycles. The molecule has 0 radical (unpaired) electrons. The Kier molecular flexibility index (Phi) is 2.28. The second-order valence-corrected chi connectivity index (χ2v) is 2.81. The van der Waals surface area contributed by atoms with Crippen molar-refractivity contribution >= 4 is 5.69 Å². The molecule has 1 aliphatic heterocycles. The lowest BCUT2D eigenvalue weighted by molar-refractivity contribution is 1.29. The van der Waals surface area contributed by atoms with Crippen LogP contribution in [0.1, 0.15) is 0 Å². The van der Waals surface area contributed by atoms with Crippen LogP contribution in [0.15, 0.2) is 67.0 Å². The van der Waals surface area contributed by atoms with E-state index in [2.05, 4.69) is 17.0 Å². The topological polar surface area (TPSA) is 3.24 Å². The lowest BCUT2D eigenvalue weighted by atomic mass is 10.3. The summed E-state index contributed by atoms with van der Waals surface area (Å²) < 4.78 is 0. The SMILES string of the molecule is C1=CC=CN(c2ccccc2)C=C1. The number of rotatable bonds is 1. The number of anilines is 1. The number of nitrogens with zero attached hydrogens (tertiary/aromatic N) is 1. The van der Waals surface area contributed by atoms with E-state index in [1.165, 1.54) is 5.69 Å². The van der Waals surface area contributed by atoms with Crippen molar-refractivity contribution in [3.8, 4) is 0 Å². The summed E-state index contributed by atoms with van der Waals surface area (Å²) in [5.74, 6) is 0. The molecule has 0 spiro atoms. The third-order valence-electron chi connectivity index (χ3n) is 1.88. The van der Waals surface area contributed by atoms with E-state index in [1.54, 1.807) is 0 Å². The lowest BCUT2D eigenvalue weighted by Gasteiger charge is -2.13. The van der Waals surface area contributed by atoms with Crippen LogP contribution in [0, 0.1) is 0 Å². The van der Waals surface area contributed by atoms with Crippen LogP contribution in [-0.2, 0) is 0 Å². The van der Waals surface area contributed by atoms with Gasteiger partial charge in [-0.1, -0.05) is 30.4 Å². The molecule has 64 valence electrons. The van der Waals surface area contributed by atoms with Gasteiger partial charge in [0.15, 0.2) is 0 Å². The minimum atomic E-state index is 1.18. The Morgan fingerprint density at radius 1 is 0.692 bits per heavy atom. The molecule has 1 heteroatoms. The highest BCUT2D eigenvalue weighted by atomic mass is 15.1. The van der Waals surface area contributed by atoms with Gasteiger partial charge in [-0.25, -0.2) is 0 Å². The van der Waals surface area contributed by atoms with Gasteiger partial charge in [0.25, 0.3) is 0 Å². The van der Waals surface area contributed by atoms with E-state index in [1.807, 2.05) is 54.9 Å². The molecule has 13 heavy (non-hydrogen) atoms. The van der Waals surface area contributed by atoms with Gasteiger partial charge in [0.2, 0.25) is 0 Å². The van der Waals surface area contributed by atoms with Crippen molar-refractivity contribution in [3.05, 3.63) is 67.0 Å². The Hall–Kier alpha value is -1.76. The first-order valence-corrected chi connectivity index (χ1v) is 4.32. The summed E-state index contributed by atoms with van der Waals surface area (Å²) in [5.41, 5.74) is 1.18. The second-order valence-electron chi connectivity index (χ2n) is 2.81. The van der Waals surface area contributed by atoms with E-state index < -0.39 is 0 Å². The van der Waals surface area contributed by atoms with Crippen LogP contribution >= 0.6 is 0 Å². The van der Waals surface area contributed by atoms with E-state index in [4.69, 9.17) is 0 Å². The van der Waals surface area contributed by atoms with Crippen LogP contribution < -0.4 is 4.90 Å². The summed E-state index contributed by atoms with van der Waals surface area (Å²) in [4.78, 5) is 2.08. The average molecular weight is 169 g/mol. The molecule has 1 aliphatic rings. The molecule has 1 aromatic carbocycles. The maximum atomic E-state index is 2.08. The molecule has 0 amide bonds. The smallest absolute Gasteiger partial charge is 0.0449 e. The minimum Gasteiger partial charge on any atom is -0.324 e. The molecular weight excluding hydrogens is 158 g/mol. The molecule has 0 bridgehead atoms.